The minimum Gasteiger partial charge on any atom is -0.353 e. The Labute approximate surface area is 92.6 Å². The molecule has 2 saturated carbocycles. The molecule has 2 aliphatic carbocycles. The lowest BCUT2D eigenvalue weighted by Gasteiger charge is -2.31. The molecule has 0 spiro atoms. The Kier molecular flexibility index (Phi) is 3.13. The summed E-state index contributed by atoms with van der Waals surface area (Å²) >= 11 is 0. The first-order chi connectivity index (χ1) is 7.47. The van der Waals surface area contributed by atoms with E-state index in [1.54, 1.807) is 0 Å². The molecular formula is C11H16F3NO. The summed E-state index contributed by atoms with van der Waals surface area (Å²) in [5.74, 6) is -1.20. The van der Waals surface area contributed by atoms with Crippen LogP contribution in [0.15, 0.2) is 0 Å². The van der Waals surface area contributed by atoms with Crippen LogP contribution in [0, 0.1) is 11.8 Å². The van der Waals surface area contributed by atoms with Gasteiger partial charge in [-0.1, -0.05) is 6.42 Å². The molecule has 2 nitrogen and oxygen atoms in total. The van der Waals surface area contributed by atoms with E-state index in [0.717, 1.165) is 12.8 Å². The van der Waals surface area contributed by atoms with Crippen LogP contribution in [0.25, 0.3) is 0 Å². The first-order valence-electron chi connectivity index (χ1n) is 5.84. The fourth-order valence-electron chi connectivity index (χ4n) is 2.28. The zero-order chi connectivity index (χ0) is 11.8. The Morgan fingerprint density at radius 1 is 1.12 bits per heavy atom. The Morgan fingerprint density at radius 2 is 1.81 bits per heavy atom. The molecule has 5 heteroatoms. The van der Waals surface area contributed by atoms with Crippen molar-refractivity contribution in [3.63, 3.8) is 0 Å². The van der Waals surface area contributed by atoms with Gasteiger partial charge in [0, 0.05) is 12.0 Å². The highest BCUT2D eigenvalue weighted by Gasteiger charge is 2.43. The number of amides is 1. The molecule has 0 bridgehead atoms. The summed E-state index contributed by atoms with van der Waals surface area (Å²) in [6.45, 7) is 0. The molecule has 0 unspecified atom stereocenters. The fourth-order valence-corrected chi connectivity index (χ4v) is 2.28. The van der Waals surface area contributed by atoms with Gasteiger partial charge in [-0.05, 0) is 32.1 Å². The first-order valence-corrected chi connectivity index (χ1v) is 5.84. The summed E-state index contributed by atoms with van der Waals surface area (Å²) in [5, 5.41) is 2.74. The van der Waals surface area contributed by atoms with Crippen molar-refractivity contribution in [2.75, 3.05) is 0 Å². The Morgan fingerprint density at radius 3 is 2.38 bits per heavy atom. The Hall–Kier alpha value is -0.740. The van der Waals surface area contributed by atoms with Gasteiger partial charge in [0.05, 0.1) is 5.92 Å². The number of hydrogen-bond acceptors (Lipinski definition) is 1. The number of nitrogens with one attached hydrogen (secondary N) is 1. The van der Waals surface area contributed by atoms with Gasteiger partial charge in [-0.25, -0.2) is 0 Å². The highest BCUT2D eigenvalue weighted by atomic mass is 19.4. The second-order valence-electron chi connectivity index (χ2n) is 4.88. The standard InChI is InChI=1S/C11H16F3NO/c12-11(13,14)8-2-1-3-9(6-8)15-10(16)7-4-5-7/h7-9H,1-6H2,(H,15,16)/t8-,9-/m0/s1. The summed E-state index contributed by atoms with van der Waals surface area (Å²) in [5.41, 5.74) is 0. The summed E-state index contributed by atoms with van der Waals surface area (Å²) in [6.07, 6.45) is -0.822. The number of carbonyl (C=O) groups excluding carboxylic acids is 1. The molecule has 0 aromatic carbocycles. The highest BCUT2D eigenvalue weighted by Crippen LogP contribution is 2.38. The minimum atomic E-state index is -4.11. The summed E-state index contributed by atoms with van der Waals surface area (Å²) in [4.78, 5) is 11.4. The number of halogens is 3. The summed E-state index contributed by atoms with van der Waals surface area (Å²) < 4.78 is 37.5. The number of hydrogen-bond donors (Lipinski definition) is 1. The quantitative estimate of drug-likeness (QED) is 0.783. The van der Waals surface area contributed by atoms with E-state index in [-0.39, 0.29) is 30.7 Å². The predicted molar refractivity (Wildman–Crippen MR) is 52.7 cm³/mol. The van der Waals surface area contributed by atoms with Crippen LogP contribution in [0.3, 0.4) is 0 Å². The maximum absolute atomic E-state index is 12.5. The van der Waals surface area contributed by atoms with Crippen LogP contribution >= 0.6 is 0 Å². The van der Waals surface area contributed by atoms with Crippen molar-refractivity contribution < 1.29 is 18.0 Å². The van der Waals surface area contributed by atoms with Gasteiger partial charge in [-0.3, -0.25) is 4.79 Å². The van der Waals surface area contributed by atoms with E-state index in [4.69, 9.17) is 0 Å². The van der Waals surface area contributed by atoms with Gasteiger partial charge in [-0.15, -0.1) is 0 Å². The van der Waals surface area contributed by atoms with E-state index in [1.807, 2.05) is 0 Å². The SMILES string of the molecule is O=C(N[C@H]1CCC[C@H](C(F)(F)F)C1)C1CC1. The lowest BCUT2D eigenvalue weighted by molar-refractivity contribution is -0.184. The third-order valence-electron chi connectivity index (χ3n) is 3.43. The molecule has 1 amide bonds. The van der Waals surface area contributed by atoms with Crippen LogP contribution in [-0.2, 0) is 4.79 Å². The highest BCUT2D eigenvalue weighted by molar-refractivity contribution is 5.81. The van der Waals surface area contributed by atoms with Crippen molar-refractivity contribution in [3.8, 4) is 0 Å². The van der Waals surface area contributed by atoms with E-state index in [1.165, 1.54) is 0 Å². The van der Waals surface area contributed by atoms with Crippen molar-refractivity contribution in [1.82, 2.24) is 5.32 Å². The lowest BCUT2D eigenvalue weighted by atomic mass is 9.85. The van der Waals surface area contributed by atoms with E-state index in [2.05, 4.69) is 5.32 Å². The van der Waals surface area contributed by atoms with Crippen molar-refractivity contribution in [1.29, 1.82) is 0 Å². The molecule has 0 aliphatic heterocycles. The molecule has 2 fully saturated rings. The molecule has 0 heterocycles. The van der Waals surface area contributed by atoms with Gasteiger partial charge < -0.3 is 5.32 Å². The van der Waals surface area contributed by atoms with Crippen molar-refractivity contribution >= 4 is 5.91 Å². The van der Waals surface area contributed by atoms with Gasteiger partial charge >= 0.3 is 6.18 Å². The van der Waals surface area contributed by atoms with Gasteiger partial charge in [0.1, 0.15) is 0 Å². The molecule has 0 aromatic rings. The Balaban J connectivity index is 1.84. The smallest absolute Gasteiger partial charge is 0.353 e. The van der Waals surface area contributed by atoms with Crippen molar-refractivity contribution in [2.24, 2.45) is 11.8 Å². The lowest BCUT2D eigenvalue weighted by Crippen LogP contribution is -2.42. The molecule has 2 rings (SSSR count). The zero-order valence-corrected chi connectivity index (χ0v) is 9.02. The monoisotopic (exact) mass is 235 g/mol. The van der Waals surface area contributed by atoms with E-state index in [9.17, 15) is 18.0 Å². The van der Waals surface area contributed by atoms with Crippen LogP contribution in [0.5, 0.6) is 0 Å². The van der Waals surface area contributed by atoms with Gasteiger partial charge in [-0.2, -0.15) is 13.2 Å². The molecule has 2 atom stereocenters. The van der Waals surface area contributed by atoms with E-state index in [0.29, 0.717) is 12.8 Å². The van der Waals surface area contributed by atoms with Crippen LogP contribution in [0.4, 0.5) is 13.2 Å². The normalized spacial score (nSPS) is 31.2. The van der Waals surface area contributed by atoms with Crippen LogP contribution in [0.1, 0.15) is 38.5 Å². The third kappa shape index (κ3) is 2.89. The van der Waals surface area contributed by atoms with Crippen molar-refractivity contribution in [3.05, 3.63) is 0 Å². The average molecular weight is 235 g/mol. The maximum Gasteiger partial charge on any atom is 0.391 e. The van der Waals surface area contributed by atoms with Gasteiger partial charge in [0.2, 0.25) is 5.91 Å². The molecular weight excluding hydrogens is 219 g/mol. The molecule has 1 N–H and O–H groups in total. The largest absolute Gasteiger partial charge is 0.391 e. The second-order valence-corrected chi connectivity index (χ2v) is 4.88. The predicted octanol–water partition coefficient (Wildman–Crippen LogP) is 2.63. The topological polar surface area (TPSA) is 29.1 Å². The van der Waals surface area contributed by atoms with E-state index < -0.39 is 12.1 Å². The number of rotatable bonds is 2. The molecule has 0 aromatic heterocycles. The fraction of sp³-hybridized carbons (Fsp3) is 0.909. The first kappa shape index (κ1) is 11.7. The van der Waals surface area contributed by atoms with Gasteiger partial charge in [0.15, 0.2) is 0 Å². The van der Waals surface area contributed by atoms with Crippen molar-refractivity contribution in [2.45, 2.75) is 50.7 Å². The van der Waals surface area contributed by atoms with Gasteiger partial charge in [0.25, 0.3) is 0 Å². The van der Waals surface area contributed by atoms with E-state index >= 15 is 0 Å². The third-order valence-corrected chi connectivity index (χ3v) is 3.43. The number of carbonyl (C=O) groups is 1. The van der Waals surface area contributed by atoms with Crippen LogP contribution in [-0.4, -0.2) is 18.1 Å². The Bertz CT molecular complexity index is 273. The molecule has 16 heavy (non-hydrogen) atoms. The summed E-state index contributed by atoms with van der Waals surface area (Å²) in [6, 6.07) is -0.270. The molecule has 2 aliphatic rings. The molecule has 92 valence electrons. The molecule has 0 saturated heterocycles. The van der Waals surface area contributed by atoms with Crippen LogP contribution < -0.4 is 5.32 Å². The maximum atomic E-state index is 12.5. The second kappa shape index (κ2) is 4.26. The number of alkyl halides is 3. The zero-order valence-electron chi connectivity index (χ0n) is 9.02. The average Bonchev–Trinajstić information content (AvgIpc) is 2.99. The summed E-state index contributed by atoms with van der Waals surface area (Å²) in [7, 11) is 0. The minimum absolute atomic E-state index is 0.0483. The van der Waals surface area contributed by atoms with Crippen LogP contribution in [0.2, 0.25) is 0 Å². The molecule has 0 radical (unpaired) electrons.